The maximum absolute atomic E-state index is 11.5. The summed E-state index contributed by atoms with van der Waals surface area (Å²) >= 11 is 0. The zero-order valence-electron chi connectivity index (χ0n) is 17.4. The normalized spacial score (nSPS) is 11.9. The maximum atomic E-state index is 11.5. The third kappa shape index (κ3) is 20.6. The molecule has 0 rings (SSSR count). The van der Waals surface area contributed by atoms with Crippen LogP contribution < -0.4 is 61.8 Å². The molecule has 1 atom stereocenters. The molecule has 0 radical (unpaired) electrons. The maximum Gasteiger partial charge on any atom is 1.00 e. The van der Waals surface area contributed by atoms with E-state index < -0.39 is 12.0 Å². The van der Waals surface area contributed by atoms with Gasteiger partial charge < -0.3 is 15.2 Å². The van der Waals surface area contributed by atoms with E-state index in [0.717, 1.165) is 25.7 Å². The van der Waals surface area contributed by atoms with Gasteiger partial charge in [-0.25, -0.2) is 0 Å². The summed E-state index contributed by atoms with van der Waals surface area (Å²) in [5, 5.41) is 12.9. The van der Waals surface area contributed by atoms with Crippen molar-refractivity contribution >= 4 is 11.9 Å². The quantitative estimate of drug-likeness (QED) is 0.231. The number of carbonyl (C=O) groups is 2. The Morgan fingerprint density at radius 1 is 0.846 bits per heavy atom. The Morgan fingerprint density at radius 3 is 1.81 bits per heavy atom. The zero-order chi connectivity index (χ0) is 18.8. The third-order valence-corrected chi connectivity index (χ3v) is 4.40. The number of allylic oxidation sites excluding steroid dienone is 2. The number of unbranched alkanes of at least 4 members (excludes halogenated alkanes) is 11. The van der Waals surface area contributed by atoms with Crippen LogP contribution in [0, 0.1) is 0 Å². The number of carboxylic acids is 1. The molecule has 0 unspecified atom stereocenters. The molecule has 1 N–H and O–H groups in total. The van der Waals surface area contributed by atoms with E-state index in [4.69, 9.17) is 0 Å². The molecule has 0 aromatic rings. The minimum atomic E-state index is -1.24. The van der Waals surface area contributed by atoms with Gasteiger partial charge in [0.2, 0.25) is 5.91 Å². The molecule has 1 amide bonds. The molecule has 0 bridgehead atoms. The van der Waals surface area contributed by atoms with Crippen molar-refractivity contribution in [2.24, 2.45) is 0 Å². The minimum absolute atomic E-state index is 0. The second-order valence-corrected chi connectivity index (χ2v) is 6.94. The number of rotatable bonds is 17. The van der Waals surface area contributed by atoms with Crippen molar-refractivity contribution in [1.29, 1.82) is 0 Å². The molecule has 0 saturated heterocycles. The first-order chi connectivity index (χ1) is 12.1. The molecule has 0 heterocycles. The average Bonchev–Trinajstić information content (AvgIpc) is 2.58. The predicted octanol–water partition coefficient (Wildman–Crippen LogP) is 1.28. The fourth-order valence-electron chi connectivity index (χ4n) is 2.73. The fourth-order valence-corrected chi connectivity index (χ4v) is 2.73. The van der Waals surface area contributed by atoms with Crippen LogP contribution >= 0.6 is 0 Å². The molecule has 4 nitrogen and oxygen atoms in total. The molecule has 0 aromatic heterocycles. The summed E-state index contributed by atoms with van der Waals surface area (Å²) in [7, 11) is 0. The van der Waals surface area contributed by atoms with E-state index in [1.54, 1.807) is 0 Å². The Bertz CT molecular complexity index is 372. The molecule has 0 spiro atoms. The van der Waals surface area contributed by atoms with Gasteiger partial charge in [-0.15, -0.1) is 0 Å². The first-order valence-corrected chi connectivity index (χ1v) is 10.2. The van der Waals surface area contributed by atoms with Gasteiger partial charge >= 0.3 is 51.4 Å². The molecule has 0 aliphatic heterocycles. The van der Waals surface area contributed by atoms with Gasteiger partial charge in [0.25, 0.3) is 0 Å². The van der Waals surface area contributed by atoms with E-state index in [9.17, 15) is 14.7 Å². The zero-order valence-corrected chi connectivity index (χ0v) is 20.5. The Kier molecular flexibility index (Phi) is 23.7. The average molecular weight is 392 g/mol. The first kappa shape index (κ1) is 28.5. The summed E-state index contributed by atoms with van der Waals surface area (Å²) in [6.45, 7) is 3.67. The van der Waals surface area contributed by atoms with Crippen LogP contribution in [0.3, 0.4) is 0 Å². The van der Waals surface area contributed by atoms with Crippen LogP contribution in [0.15, 0.2) is 12.2 Å². The van der Waals surface area contributed by atoms with Gasteiger partial charge in [-0.3, -0.25) is 4.79 Å². The molecule has 0 aliphatic carbocycles. The summed E-state index contributed by atoms with van der Waals surface area (Å²) in [6, 6.07) is -0.907. The monoisotopic (exact) mass is 391 g/mol. The molecule has 146 valence electrons. The Hall–Kier alpha value is 0.316. The van der Waals surface area contributed by atoms with Gasteiger partial charge in [0.05, 0.1) is 12.0 Å². The number of hydrogen-bond acceptors (Lipinski definition) is 3. The Labute approximate surface area is 203 Å². The van der Waals surface area contributed by atoms with Gasteiger partial charge in [0.1, 0.15) is 0 Å². The molecule has 26 heavy (non-hydrogen) atoms. The van der Waals surface area contributed by atoms with Crippen LogP contribution in [0.2, 0.25) is 0 Å². The van der Waals surface area contributed by atoms with Crippen molar-refractivity contribution < 1.29 is 66.1 Å². The first-order valence-electron chi connectivity index (χ1n) is 10.2. The number of carboxylic acid groups (broad SMARTS) is 1. The van der Waals surface area contributed by atoms with E-state index in [-0.39, 0.29) is 57.3 Å². The van der Waals surface area contributed by atoms with Crippen LogP contribution in [0.4, 0.5) is 0 Å². The van der Waals surface area contributed by atoms with E-state index in [0.29, 0.717) is 6.42 Å². The Balaban J connectivity index is 0. The van der Waals surface area contributed by atoms with Crippen LogP contribution in [0.1, 0.15) is 104 Å². The smallest absolute Gasteiger partial charge is 0.548 e. The summed E-state index contributed by atoms with van der Waals surface area (Å²) < 4.78 is 0. The van der Waals surface area contributed by atoms with Gasteiger partial charge in [0, 0.05) is 6.42 Å². The van der Waals surface area contributed by atoms with Crippen LogP contribution in [0.5, 0.6) is 0 Å². The van der Waals surface area contributed by atoms with Gasteiger partial charge in [-0.1, -0.05) is 70.4 Å². The van der Waals surface area contributed by atoms with E-state index in [1.165, 1.54) is 64.7 Å². The number of amides is 1. The number of aliphatic carboxylic acids is 1. The van der Waals surface area contributed by atoms with Crippen LogP contribution in [0.25, 0.3) is 0 Å². The molecule has 5 heteroatoms. The van der Waals surface area contributed by atoms with Crippen LogP contribution in [-0.2, 0) is 9.59 Å². The summed E-state index contributed by atoms with van der Waals surface area (Å²) in [5.41, 5.74) is 0. The van der Waals surface area contributed by atoms with Crippen molar-refractivity contribution in [2.45, 2.75) is 110 Å². The van der Waals surface area contributed by atoms with E-state index in [1.807, 2.05) is 0 Å². The summed E-state index contributed by atoms with van der Waals surface area (Å²) in [6.07, 6.45) is 20.9. The van der Waals surface area contributed by atoms with Gasteiger partial charge in [0.15, 0.2) is 0 Å². The molecule has 0 aromatic carbocycles. The van der Waals surface area contributed by atoms with Crippen molar-refractivity contribution in [2.75, 3.05) is 0 Å². The van der Waals surface area contributed by atoms with E-state index >= 15 is 0 Å². The van der Waals surface area contributed by atoms with E-state index in [2.05, 4.69) is 24.4 Å². The summed E-state index contributed by atoms with van der Waals surface area (Å²) in [4.78, 5) is 22.0. The molecular weight excluding hydrogens is 353 g/mol. The van der Waals surface area contributed by atoms with Gasteiger partial charge in [-0.05, 0) is 39.0 Å². The second kappa shape index (κ2) is 21.6. The van der Waals surface area contributed by atoms with Gasteiger partial charge in [-0.2, -0.15) is 0 Å². The van der Waals surface area contributed by atoms with Crippen LogP contribution in [-0.4, -0.2) is 17.9 Å². The second-order valence-electron chi connectivity index (χ2n) is 6.94. The molecule has 0 fully saturated rings. The standard InChI is InChI=1S/C21H39NO3.K/c1-3-4-5-6-7-8-9-10-11-12-13-14-15-16-17-18-20(23)22-19(2)21(24)25;/h10-11,19H,3-9,12-18H2,1-2H3,(H,22,23)(H,24,25);/q;+1/p-1/b11-10-;/t19-;/m0./s1. The predicted molar refractivity (Wildman–Crippen MR) is 102 cm³/mol. The van der Waals surface area contributed by atoms with Crippen molar-refractivity contribution in [3.63, 3.8) is 0 Å². The molecule has 0 aliphatic rings. The Morgan fingerprint density at radius 2 is 1.31 bits per heavy atom. The third-order valence-electron chi connectivity index (χ3n) is 4.40. The molecule has 0 saturated carbocycles. The van der Waals surface area contributed by atoms with Crippen molar-refractivity contribution in [3.8, 4) is 0 Å². The van der Waals surface area contributed by atoms with Crippen molar-refractivity contribution in [3.05, 3.63) is 12.2 Å². The largest absolute Gasteiger partial charge is 1.00 e. The number of nitrogens with one attached hydrogen (secondary N) is 1. The summed E-state index contributed by atoms with van der Waals surface area (Å²) in [5.74, 6) is -1.44. The number of carbonyl (C=O) groups excluding carboxylic acids is 2. The molecular formula is C21H38KNO3. The minimum Gasteiger partial charge on any atom is -0.548 e. The number of hydrogen-bond donors (Lipinski definition) is 1. The fraction of sp³-hybridized carbons (Fsp3) is 0.810. The SMILES string of the molecule is CCCCCCCC/C=C\CCCCCCCC(=O)N[C@@H](C)C(=O)[O-].[K+]. The topological polar surface area (TPSA) is 69.2 Å². The van der Waals surface area contributed by atoms with Crippen molar-refractivity contribution in [1.82, 2.24) is 5.32 Å².